The second kappa shape index (κ2) is 10.9. The Morgan fingerprint density at radius 2 is 1.90 bits per heavy atom. The van der Waals surface area contributed by atoms with Gasteiger partial charge < -0.3 is 19.5 Å². The van der Waals surface area contributed by atoms with Crippen molar-refractivity contribution in [2.45, 2.75) is 26.2 Å². The Hall–Kier alpha value is -2.22. The normalized spacial score (nSPS) is 15.7. The Bertz CT molecular complexity index is 992. The lowest BCUT2D eigenvalue weighted by Crippen LogP contribution is -2.17. The van der Waals surface area contributed by atoms with E-state index < -0.39 is 0 Å². The number of thiocarbonyl (C=S) groups is 1. The molecule has 1 atom stereocenters. The molecule has 0 radical (unpaired) electrons. The van der Waals surface area contributed by atoms with E-state index in [4.69, 9.17) is 38.0 Å². The van der Waals surface area contributed by atoms with Crippen LogP contribution in [0.5, 0.6) is 17.2 Å². The molecule has 31 heavy (non-hydrogen) atoms. The summed E-state index contributed by atoms with van der Waals surface area (Å²) in [6.07, 6.45) is 2.82. The second-order valence-corrected chi connectivity index (χ2v) is 9.09. The molecule has 1 heterocycles. The molecule has 1 N–H and O–H groups in total. The molecule has 1 fully saturated rings. The third-order valence-electron chi connectivity index (χ3n) is 4.85. The number of carbonyl (C=O) groups excluding carboxylic acids is 1. The zero-order valence-corrected chi connectivity index (χ0v) is 20.0. The van der Waals surface area contributed by atoms with Crippen LogP contribution in [0.25, 0.3) is 6.08 Å². The molecule has 8 heteroatoms. The summed E-state index contributed by atoms with van der Waals surface area (Å²) in [6, 6.07) is 11.6. The molecule has 1 saturated heterocycles. The van der Waals surface area contributed by atoms with Gasteiger partial charge in [-0.25, -0.2) is 0 Å². The zero-order chi connectivity index (χ0) is 22.4. The quantitative estimate of drug-likeness (QED) is 0.279. The number of amides is 1. The molecule has 0 aromatic heterocycles. The van der Waals surface area contributed by atoms with Crippen molar-refractivity contribution in [3.63, 3.8) is 0 Å². The minimum absolute atomic E-state index is 0.222. The lowest BCUT2D eigenvalue weighted by atomic mass is 9.99. The van der Waals surface area contributed by atoms with E-state index in [0.29, 0.717) is 50.4 Å². The first kappa shape index (κ1) is 23.4. The zero-order valence-electron chi connectivity index (χ0n) is 17.6. The molecule has 0 bridgehead atoms. The number of carbonyl (C=O) groups is 1. The fourth-order valence-electron chi connectivity index (χ4n) is 2.97. The summed E-state index contributed by atoms with van der Waals surface area (Å²) in [5.41, 5.74) is 2.02. The van der Waals surface area contributed by atoms with Gasteiger partial charge in [-0.15, -0.1) is 0 Å². The van der Waals surface area contributed by atoms with Crippen LogP contribution in [0, 0.1) is 0 Å². The van der Waals surface area contributed by atoms with Gasteiger partial charge in [0, 0.05) is 0 Å². The molecular formula is C23H24ClNO4S2. The van der Waals surface area contributed by atoms with Crippen molar-refractivity contribution in [2.75, 3.05) is 20.3 Å². The van der Waals surface area contributed by atoms with E-state index in [9.17, 15) is 4.79 Å². The van der Waals surface area contributed by atoms with E-state index in [1.807, 2.05) is 12.1 Å². The van der Waals surface area contributed by atoms with Crippen molar-refractivity contribution in [3.05, 3.63) is 57.5 Å². The highest BCUT2D eigenvalue weighted by atomic mass is 35.5. The van der Waals surface area contributed by atoms with Crippen LogP contribution >= 0.6 is 35.6 Å². The summed E-state index contributed by atoms with van der Waals surface area (Å²) < 4.78 is 17.4. The van der Waals surface area contributed by atoms with Gasteiger partial charge in [-0.3, -0.25) is 4.79 Å². The number of halogens is 1. The van der Waals surface area contributed by atoms with Gasteiger partial charge in [-0.1, -0.05) is 61.6 Å². The van der Waals surface area contributed by atoms with Gasteiger partial charge in [0.15, 0.2) is 11.5 Å². The number of methoxy groups -OCH3 is 1. The molecule has 1 aliphatic rings. The average Bonchev–Trinajstić information content (AvgIpc) is 3.08. The Balaban J connectivity index is 1.60. The standard InChI is InChI=1S/C23H24ClNO4S2/c1-4-14(2)16-5-7-17(8-6-16)28-9-10-29-21-18(24)11-15(12-19(21)27-3)13-20-22(26)25-23(30)31-20/h5-8,11-14H,4,9-10H2,1-3H3,(H,25,26,30)/b20-13+/t14-/m1/s1. The largest absolute Gasteiger partial charge is 0.493 e. The van der Waals surface area contributed by atoms with E-state index >= 15 is 0 Å². The van der Waals surface area contributed by atoms with Gasteiger partial charge in [0.2, 0.25) is 0 Å². The molecule has 1 aliphatic heterocycles. The topological polar surface area (TPSA) is 56.8 Å². The number of nitrogens with one attached hydrogen (secondary N) is 1. The van der Waals surface area contributed by atoms with Crippen LogP contribution in [0.15, 0.2) is 41.3 Å². The number of rotatable bonds is 9. The average molecular weight is 478 g/mol. The van der Waals surface area contributed by atoms with E-state index in [1.54, 1.807) is 18.2 Å². The summed E-state index contributed by atoms with van der Waals surface area (Å²) in [6.45, 7) is 5.05. The van der Waals surface area contributed by atoms with Crippen molar-refractivity contribution in [1.29, 1.82) is 0 Å². The molecule has 5 nitrogen and oxygen atoms in total. The van der Waals surface area contributed by atoms with Crippen LogP contribution in [0.2, 0.25) is 5.02 Å². The summed E-state index contributed by atoms with van der Waals surface area (Å²) in [5.74, 6) is 2.01. The van der Waals surface area contributed by atoms with Gasteiger partial charge in [0.05, 0.1) is 17.0 Å². The van der Waals surface area contributed by atoms with Crippen molar-refractivity contribution in [2.24, 2.45) is 0 Å². The van der Waals surface area contributed by atoms with Crippen LogP contribution in [0.1, 0.15) is 37.3 Å². The Labute approximate surface area is 197 Å². The maximum atomic E-state index is 11.9. The Morgan fingerprint density at radius 1 is 1.19 bits per heavy atom. The molecule has 0 unspecified atom stereocenters. The van der Waals surface area contributed by atoms with E-state index in [1.165, 1.54) is 24.4 Å². The first-order chi connectivity index (χ1) is 14.9. The second-order valence-electron chi connectivity index (χ2n) is 6.96. The van der Waals surface area contributed by atoms with Gasteiger partial charge in [-0.2, -0.15) is 0 Å². The minimum atomic E-state index is -0.222. The van der Waals surface area contributed by atoms with Crippen LogP contribution in [-0.2, 0) is 4.79 Å². The van der Waals surface area contributed by atoms with Gasteiger partial charge in [0.25, 0.3) is 5.91 Å². The molecule has 1 amide bonds. The Kier molecular flexibility index (Phi) is 8.23. The van der Waals surface area contributed by atoms with Crippen molar-refractivity contribution in [3.8, 4) is 17.2 Å². The molecule has 2 aromatic rings. The number of hydrogen-bond acceptors (Lipinski definition) is 6. The van der Waals surface area contributed by atoms with Gasteiger partial charge in [0.1, 0.15) is 23.3 Å². The molecule has 0 spiro atoms. The highest BCUT2D eigenvalue weighted by molar-refractivity contribution is 8.26. The first-order valence-electron chi connectivity index (χ1n) is 9.89. The van der Waals surface area contributed by atoms with Crippen LogP contribution in [0.3, 0.4) is 0 Å². The van der Waals surface area contributed by atoms with Crippen molar-refractivity contribution in [1.82, 2.24) is 5.32 Å². The fraction of sp³-hybridized carbons (Fsp3) is 0.304. The molecule has 3 rings (SSSR count). The predicted molar refractivity (Wildman–Crippen MR) is 130 cm³/mol. The summed E-state index contributed by atoms with van der Waals surface area (Å²) in [5, 5.41) is 2.97. The number of ether oxygens (including phenoxy) is 3. The van der Waals surface area contributed by atoms with E-state index in [-0.39, 0.29) is 5.91 Å². The number of hydrogen-bond donors (Lipinski definition) is 1. The molecule has 0 saturated carbocycles. The van der Waals surface area contributed by atoms with Gasteiger partial charge in [-0.05, 0) is 53.8 Å². The van der Waals surface area contributed by atoms with Crippen LogP contribution in [0.4, 0.5) is 0 Å². The minimum Gasteiger partial charge on any atom is -0.493 e. The molecule has 2 aromatic carbocycles. The van der Waals surface area contributed by atoms with E-state index in [2.05, 4.69) is 31.3 Å². The monoisotopic (exact) mass is 477 g/mol. The molecule has 0 aliphatic carbocycles. The predicted octanol–water partition coefficient (Wildman–Crippen LogP) is 5.81. The smallest absolute Gasteiger partial charge is 0.263 e. The number of thioether (sulfide) groups is 1. The van der Waals surface area contributed by atoms with E-state index in [0.717, 1.165) is 12.2 Å². The third kappa shape index (κ3) is 6.15. The maximum absolute atomic E-state index is 11.9. The summed E-state index contributed by atoms with van der Waals surface area (Å²) in [7, 11) is 1.54. The van der Waals surface area contributed by atoms with Crippen molar-refractivity contribution >= 4 is 51.9 Å². The van der Waals surface area contributed by atoms with Crippen LogP contribution < -0.4 is 19.5 Å². The molecule has 164 valence electrons. The molecular weight excluding hydrogens is 454 g/mol. The number of benzene rings is 2. The Morgan fingerprint density at radius 3 is 2.52 bits per heavy atom. The van der Waals surface area contributed by atoms with Crippen molar-refractivity contribution < 1.29 is 19.0 Å². The van der Waals surface area contributed by atoms with Gasteiger partial charge >= 0.3 is 0 Å². The highest BCUT2D eigenvalue weighted by Crippen LogP contribution is 2.38. The lowest BCUT2D eigenvalue weighted by Gasteiger charge is -2.14. The first-order valence-corrected chi connectivity index (χ1v) is 11.5. The fourth-order valence-corrected chi connectivity index (χ4v) is 4.29. The summed E-state index contributed by atoms with van der Waals surface area (Å²) in [4.78, 5) is 12.4. The SMILES string of the molecule is CC[C@@H](C)c1ccc(OCCOc2c(Cl)cc(/C=C3/SC(=S)NC3=O)cc2OC)cc1. The summed E-state index contributed by atoms with van der Waals surface area (Å²) >= 11 is 12.6. The highest BCUT2D eigenvalue weighted by Gasteiger charge is 2.22. The third-order valence-corrected chi connectivity index (χ3v) is 6.29. The lowest BCUT2D eigenvalue weighted by molar-refractivity contribution is -0.115. The van der Waals surface area contributed by atoms with Crippen LogP contribution in [-0.4, -0.2) is 30.6 Å². The maximum Gasteiger partial charge on any atom is 0.263 e.